The van der Waals surface area contributed by atoms with E-state index in [0.717, 1.165) is 30.4 Å². The predicted octanol–water partition coefficient (Wildman–Crippen LogP) is 2.51. The van der Waals surface area contributed by atoms with E-state index in [2.05, 4.69) is 32.7 Å². The summed E-state index contributed by atoms with van der Waals surface area (Å²) in [4.78, 5) is 14.9. The third kappa shape index (κ3) is 5.66. The van der Waals surface area contributed by atoms with Gasteiger partial charge in [0.15, 0.2) is 0 Å². The molecule has 1 aromatic heterocycles. The molecule has 0 aliphatic heterocycles. The van der Waals surface area contributed by atoms with Crippen molar-refractivity contribution < 1.29 is 4.79 Å². The molecule has 0 saturated heterocycles. The molecule has 96 valence electrons. The Morgan fingerprint density at radius 2 is 2.35 bits per heavy atom. The van der Waals surface area contributed by atoms with E-state index in [1.54, 1.807) is 11.3 Å². The van der Waals surface area contributed by atoms with Crippen LogP contribution in [-0.2, 0) is 11.2 Å². The van der Waals surface area contributed by atoms with Crippen LogP contribution in [0.25, 0.3) is 0 Å². The van der Waals surface area contributed by atoms with E-state index in [1.807, 2.05) is 19.0 Å². The van der Waals surface area contributed by atoms with Crippen LogP contribution in [0.2, 0.25) is 0 Å². The molecule has 3 nitrogen and oxygen atoms in total. The largest absolute Gasteiger partial charge is 0.345 e. The van der Waals surface area contributed by atoms with Gasteiger partial charge in [-0.1, -0.05) is 0 Å². The Hall–Kier alpha value is -0.390. The van der Waals surface area contributed by atoms with E-state index < -0.39 is 0 Å². The molecule has 0 fully saturated rings. The van der Waals surface area contributed by atoms with E-state index in [1.165, 1.54) is 4.88 Å². The van der Waals surface area contributed by atoms with Crippen LogP contribution in [0.3, 0.4) is 0 Å². The van der Waals surface area contributed by atoms with Crippen LogP contribution in [0.15, 0.2) is 15.9 Å². The molecule has 0 aromatic carbocycles. The Kier molecular flexibility index (Phi) is 6.77. The lowest BCUT2D eigenvalue weighted by Crippen LogP contribution is -2.29. The van der Waals surface area contributed by atoms with Gasteiger partial charge in [-0.15, -0.1) is 11.3 Å². The number of hydrogen-bond acceptors (Lipinski definition) is 3. The Labute approximate surface area is 115 Å². The molecule has 5 heteroatoms. The van der Waals surface area contributed by atoms with Gasteiger partial charge in [-0.25, -0.2) is 0 Å². The van der Waals surface area contributed by atoms with Crippen molar-refractivity contribution in [3.05, 3.63) is 20.8 Å². The zero-order chi connectivity index (χ0) is 12.7. The van der Waals surface area contributed by atoms with Crippen LogP contribution in [0.5, 0.6) is 0 Å². The van der Waals surface area contributed by atoms with E-state index in [4.69, 9.17) is 0 Å². The highest BCUT2D eigenvalue weighted by Crippen LogP contribution is 2.20. The van der Waals surface area contributed by atoms with Gasteiger partial charge in [-0.2, -0.15) is 0 Å². The van der Waals surface area contributed by atoms with Crippen LogP contribution in [-0.4, -0.2) is 38.0 Å². The number of carbonyl (C=O) groups is 1. The maximum atomic E-state index is 11.7. The summed E-state index contributed by atoms with van der Waals surface area (Å²) in [7, 11) is 3.78. The van der Waals surface area contributed by atoms with Crippen molar-refractivity contribution in [2.75, 3.05) is 27.2 Å². The highest BCUT2D eigenvalue weighted by molar-refractivity contribution is 9.10. The quantitative estimate of drug-likeness (QED) is 0.783. The second-order valence-corrected chi connectivity index (χ2v) is 5.92. The number of amides is 1. The van der Waals surface area contributed by atoms with Crippen molar-refractivity contribution in [2.45, 2.75) is 19.3 Å². The van der Waals surface area contributed by atoms with Crippen LogP contribution in [0, 0.1) is 0 Å². The molecule has 0 atom stereocenters. The molecular formula is C12H19BrN2OS. The average molecular weight is 319 g/mol. The minimum atomic E-state index is 0.232. The highest BCUT2D eigenvalue weighted by atomic mass is 79.9. The Balaban J connectivity index is 2.24. The van der Waals surface area contributed by atoms with Crippen LogP contribution < -0.4 is 5.32 Å². The van der Waals surface area contributed by atoms with E-state index in [0.29, 0.717) is 6.42 Å². The number of thiophene rings is 1. The first kappa shape index (κ1) is 14.7. The summed E-state index contributed by atoms with van der Waals surface area (Å²) in [5.74, 6) is 0.232. The number of hydrogen-bond donors (Lipinski definition) is 1. The first-order valence-corrected chi connectivity index (χ1v) is 7.42. The predicted molar refractivity (Wildman–Crippen MR) is 76.5 cm³/mol. The average Bonchev–Trinajstić information content (AvgIpc) is 2.72. The number of rotatable bonds is 7. The van der Waals surface area contributed by atoms with Gasteiger partial charge in [0, 0.05) is 34.7 Å². The molecule has 0 spiro atoms. The standard InChI is InChI=1S/C12H19BrN2OS/c1-14-6-3-4-12(16)15(2)7-5-11-8-10(13)9-17-11/h8-9,14H,3-7H2,1-2H3. The fourth-order valence-corrected chi connectivity index (χ4v) is 2.94. The van der Waals surface area contributed by atoms with Crippen molar-refractivity contribution in [3.63, 3.8) is 0 Å². The van der Waals surface area contributed by atoms with E-state index in [-0.39, 0.29) is 5.91 Å². The second kappa shape index (κ2) is 7.84. The Morgan fingerprint density at radius 1 is 1.59 bits per heavy atom. The minimum Gasteiger partial charge on any atom is -0.345 e. The number of nitrogens with one attached hydrogen (secondary N) is 1. The third-order valence-corrected chi connectivity index (χ3v) is 4.32. The van der Waals surface area contributed by atoms with Crippen molar-refractivity contribution in [2.24, 2.45) is 0 Å². The van der Waals surface area contributed by atoms with Gasteiger partial charge in [-0.05, 0) is 48.4 Å². The Morgan fingerprint density at radius 3 is 2.94 bits per heavy atom. The summed E-state index contributed by atoms with van der Waals surface area (Å²) >= 11 is 5.16. The molecule has 0 aliphatic rings. The van der Waals surface area contributed by atoms with Gasteiger partial charge in [0.2, 0.25) is 5.91 Å². The Bertz CT molecular complexity index is 354. The monoisotopic (exact) mass is 318 g/mol. The smallest absolute Gasteiger partial charge is 0.222 e. The molecule has 1 heterocycles. The van der Waals surface area contributed by atoms with E-state index in [9.17, 15) is 4.79 Å². The number of likely N-dealkylation sites (N-methyl/N-ethyl adjacent to an activating group) is 1. The maximum absolute atomic E-state index is 11.7. The fraction of sp³-hybridized carbons (Fsp3) is 0.583. The van der Waals surface area contributed by atoms with Crippen LogP contribution >= 0.6 is 27.3 Å². The second-order valence-electron chi connectivity index (χ2n) is 4.00. The van der Waals surface area contributed by atoms with Crippen LogP contribution in [0.4, 0.5) is 0 Å². The molecule has 17 heavy (non-hydrogen) atoms. The molecule has 0 saturated carbocycles. The van der Waals surface area contributed by atoms with Gasteiger partial charge < -0.3 is 10.2 Å². The SMILES string of the molecule is CNCCCC(=O)N(C)CCc1cc(Br)cs1. The molecule has 1 N–H and O–H groups in total. The summed E-state index contributed by atoms with van der Waals surface area (Å²) < 4.78 is 1.13. The van der Waals surface area contributed by atoms with Crippen molar-refractivity contribution in [1.29, 1.82) is 0 Å². The lowest BCUT2D eigenvalue weighted by molar-refractivity contribution is -0.129. The summed E-state index contributed by atoms with van der Waals surface area (Å²) in [6.07, 6.45) is 2.47. The zero-order valence-electron chi connectivity index (χ0n) is 10.3. The van der Waals surface area contributed by atoms with Gasteiger partial charge >= 0.3 is 0 Å². The molecule has 0 unspecified atom stereocenters. The minimum absolute atomic E-state index is 0.232. The maximum Gasteiger partial charge on any atom is 0.222 e. The molecular weight excluding hydrogens is 300 g/mol. The molecule has 1 amide bonds. The topological polar surface area (TPSA) is 32.3 Å². The molecule has 1 aromatic rings. The van der Waals surface area contributed by atoms with Crippen LogP contribution in [0.1, 0.15) is 17.7 Å². The fourth-order valence-electron chi connectivity index (χ4n) is 1.49. The highest BCUT2D eigenvalue weighted by Gasteiger charge is 2.08. The third-order valence-electron chi connectivity index (χ3n) is 2.56. The molecule has 1 rings (SSSR count). The first-order valence-electron chi connectivity index (χ1n) is 5.75. The van der Waals surface area contributed by atoms with Gasteiger partial charge in [-0.3, -0.25) is 4.79 Å². The summed E-state index contributed by atoms with van der Waals surface area (Å²) in [5, 5.41) is 5.12. The molecule has 0 bridgehead atoms. The lowest BCUT2D eigenvalue weighted by atomic mass is 10.2. The normalized spacial score (nSPS) is 10.5. The molecule has 0 radical (unpaired) electrons. The number of carbonyl (C=O) groups excluding carboxylic acids is 1. The van der Waals surface area contributed by atoms with Gasteiger partial charge in [0.25, 0.3) is 0 Å². The summed E-state index contributed by atoms with van der Waals surface area (Å²) in [5.41, 5.74) is 0. The van der Waals surface area contributed by atoms with Gasteiger partial charge in [0.1, 0.15) is 0 Å². The number of nitrogens with zero attached hydrogens (tertiary/aromatic N) is 1. The summed E-state index contributed by atoms with van der Waals surface area (Å²) in [6, 6.07) is 2.12. The zero-order valence-corrected chi connectivity index (χ0v) is 12.7. The van der Waals surface area contributed by atoms with Crippen molar-refractivity contribution in [1.82, 2.24) is 10.2 Å². The van der Waals surface area contributed by atoms with Gasteiger partial charge in [0.05, 0.1) is 0 Å². The number of halogens is 1. The van der Waals surface area contributed by atoms with Crippen molar-refractivity contribution in [3.8, 4) is 0 Å². The molecule has 0 aliphatic carbocycles. The van der Waals surface area contributed by atoms with Crippen molar-refractivity contribution >= 4 is 33.2 Å². The summed E-state index contributed by atoms with van der Waals surface area (Å²) in [6.45, 7) is 1.70. The lowest BCUT2D eigenvalue weighted by Gasteiger charge is -2.16. The first-order chi connectivity index (χ1) is 8.13. The van der Waals surface area contributed by atoms with E-state index >= 15 is 0 Å².